The zero-order chi connectivity index (χ0) is 21.8. The Morgan fingerprint density at radius 3 is 2.39 bits per heavy atom. The minimum absolute atomic E-state index is 0.0552. The van der Waals surface area contributed by atoms with Gasteiger partial charge < -0.3 is 25.3 Å². The number of hydrogen-bond acceptors (Lipinski definition) is 6. The summed E-state index contributed by atoms with van der Waals surface area (Å²) in [5.74, 6) is 0.292. The van der Waals surface area contributed by atoms with Gasteiger partial charge in [-0.05, 0) is 49.4 Å². The summed E-state index contributed by atoms with van der Waals surface area (Å²) in [7, 11) is 0. The van der Waals surface area contributed by atoms with Gasteiger partial charge in [0.1, 0.15) is 11.5 Å². The summed E-state index contributed by atoms with van der Waals surface area (Å²) < 4.78 is 0. The van der Waals surface area contributed by atoms with Crippen LogP contribution >= 0.6 is 0 Å². The molecule has 0 radical (unpaired) electrons. The largest absolute Gasteiger partial charge is 0.508 e. The highest BCUT2D eigenvalue weighted by Gasteiger charge is 2.31. The molecular formula is C23H28N4O4. The molecule has 0 saturated carbocycles. The monoisotopic (exact) mass is 424 g/mol. The molecular weight excluding hydrogens is 396 g/mol. The summed E-state index contributed by atoms with van der Waals surface area (Å²) in [6.45, 7) is 4.37. The lowest BCUT2D eigenvalue weighted by atomic mass is 10.1. The van der Waals surface area contributed by atoms with Gasteiger partial charge in [-0.25, -0.2) is 0 Å². The zero-order valence-electron chi connectivity index (χ0n) is 17.4. The second-order valence-electron chi connectivity index (χ2n) is 8.14. The molecule has 164 valence electrons. The van der Waals surface area contributed by atoms with E-state index in [4.69, 9.17) is 0 Å². The van der Waals surface area contributed by atoms with E-state index in [1.54, 1.807) is 24.3 Å². The second-order valence-corrected chi connectivity index (χ2v) is 8.14. The number of phenols is 2. The van der Waals surface area contributed by atoms with Crippen molar-refractivity contribution in [2.24, 2.45) is 5.92 Å². The molecule has 2 heterocycles. The summed E-state index contributed by atoms with van der Waals surface area (Å²) in [6.07, 6.45) is 0.725. The van der Waals surface area contributed by atoms with Gasteiger partial charge in [0.2, 0.25) is 11.8 Å². The number of rotatable bonds is 5. The fourth-order valence-electron chi connectivity index (χ4n) is 4.17. The summed E-state index contributed by atoms with van der Waals surface area (Å²) in [5, 5.41) is 21.9. The molecule has 8 heteroatoms. The first kappa shape index (κ1) is 21.0. The van der Waals surface area contributed by atoms with E-state index in [0.717, 1.165) is 31.7 Å². The van der Waals surface area contributed by atoms with Crippen LogP contribution in [0.2, 0.25) is 0 Å². The highest BCUT2D eigenvalue weighted by atomic mass is 16.3. The van der Waals surface area contributed by atoms with Gasteiger partial charge in [-0.1, -0.05) is 6.07 Å². The SMILES string of the molecule is O=C(Nc1ccc(O)cc1)C1CCN(CC(=O)N2CCN(c3cccc(O)c3)CC2)C1. The van der Waals surface area contributed by atoms with Crippen LogP contribution in [0, 0.1) is 5.92 Å². The molecule has 4 rings (SSSR count). The van der Waals surface area contributed by atoms with E-state index >= 15 is 0 Å². The van der Waals surface area contributed by atoms with Crippen LogP contribution in [-0.2, 0) is 9.59 Å². The molecule has 2 aromatic rings. The normalized spacial score (nSPS) is 19.4. The van der Waals surface area contributed by atoms with Crippen molar-refractivity contribution in [3.8, 4) is 11.5 Å². The van der Waals surface area contributed by atoms with Crippen molar-refractivity contribution in [2.45, 2.75) is 6.42 Å². The molecule has 0 bridgehead atoms. The van der Waals surface area contributed by atoms with E-state index in [2.05, 4.69) is 10.2 Å². The Hall–Kier alpha value is -3.26. The molecule has 0 spiro atoms. The molecule has 0 aromatic heterocycles. The van der Waals surface area contributed by atoms with Crippen molar-refractivity contribution in [3.05, 3.63) is 48.5 Å². The first-order chi connectivity index (χ1) is 15.0. The van der Waals surface area contributed by atoms with Crippen LogP contribution in [-0.4, -0.2) is 77.6 Å². The summed E-state index contributed by atoms with van der Waals surface area (Å²) in [6, 6.07) is 13.6. The van der Waals surface area contributed by atoms with Crippen LogP contribution in [0.4, 0.5) is 11.4 Å². The van der Waals surface area contributed by atoms with Crippen LogP contribution in [0.25, 0.3) is 0 Å². The van der Waals surface area contributed by atoms with Gasteiger partial charge in [-0.3, -0.25) is 14.5 Å². The molecule has 2 aromatic carbocycles. The van der Waals surface area contributed by atoms with Crippen LogP contribution in [0.5, 0.6) is 11.5 Å². The lowest BCUT2D eigenvalue weighted by molar-refractivity contribution is -0.132. The number of amides is 2. The van der Waals surface area contributed by atoms with Crippen LogP contribution in [0.3, 0.4) is 0 Å². The number of benzene rings is 2. The number of hydrogen-bond donors (Lipinski definition) is 3. The predicted octanol–water partition coefficient (Wildman–Crippen LogP) is 1.71. The van der Waals surface area contributed by atoms with Gasteiger partial charge in [0, 0.05) is 50.2 Å². The maximum atomic E-state index is 12.8. The molecule has 2 aliphatic heterocycles. The third kappa shape index (κ3) is 5.27. The Balaban J connectivity index is 1.22. The summed E-state index contributed by atoms with van der Waals surface area (Å²) in [5.41, 5.74) is 1.62. The van der Waals surface area contributed by atoms with Crippen LogP contribution < -0.4 is 10.2 Å². The molecule has 2 fully saturated rings. The predicted molar refractivity (Wildman–Crippen MR) is 118 cm³/mol. The first-order valence-electron chi connectivity index (χ1n) is 10.6. The van der Waals surface area contributed by atoms with E-state index in [-0.39, 0.29) is 29.2 Å². The highest BCUT2D eigenvalue weighted by Crippen LogP contribution is 2.22. The number of carbonyl (C=O) groups is 2. The lowest BCUT2D eigenvalue weighted by Crippen LogP contribution is -2.51. The Labute approximate surface area is 181 Å². The number of piperazine rings is 1. The minimum Gasteiger partial charge on any atom is -0.508 e. The molecule has 2 aliphatic rings. The average molecular weight is 425 g/mol. The van der Waals surface area contributed by atoms with Gasteiger partial charge in [0.15, 0.2) is 0 Å². The van der Waals surface area contributed by atoms with Crippen molar-refractivity contribution < 1.29 is 19.8 Å². The van der Waals surface area contributed by atoms with Crippen molar-refractivity contribution in [1.29, 1.82) is 0 Å². The number of phenolic OH excluding ortho intramolecular Hbond substituents is 2. The molecule has 2 amide bonds. The van der Waals surface area contributed by atoms with Crippen molar-refractivity contribution in [3.63, 3.8) is 0 Å². The fourth-order valence-corrected chi connectivity index (χ4v) is 4.17. The molecule has 31 heavy (non-hydrogen) atoms. The molecule has 1 unspecified atom stereocenters. The molecule has 8 nitrogen and oxygen atoms in total. The quantitative estimate of drug-likeness (QED) is 0.633. The number of likely N-dealkylation sites (tertiary alicyclic amines) is 1. The fraction of sp³-hybridized carbons (Fsp3) is 0.391. The van der Waals surface area contributed by atoms with Gasteiger partial charge in [0.05, 0.1) is 12.5 Å². The van der Waals surface area contributed by atoms with E-state index in [0.29, 0.717) is 31.9 Å². The number of nitrogens with one attached hydrogen (secondary N) is 1. The van der Waals surface area contributed by atoms with E-state index < -0.39 is 0 Å². The number of carbonyl (C=O) groups excluding carboxylic acids is 2. The molecule has 1 atom stereocenters. The first-order valence-corrected chi connectivity index (χ1v) is 10.6. The van der Waals surface area contributed by atoms with Gasteiger partial charge in [-0.2, -0.15) is 0 Å². The number of aromatic hydroxyl groups is 2. The Morgan fingerprint density at radius 2 is 1.68 bits per heavy atom. The zero-order valence-corrected chi connectivity index (χ0v) is 17.4. The second kappa shape index (κ2) is 9.26. The topological polar surface area (TPSA) is 96.3 Å². The van der Waals surface area contributed by atoms with Gasteiger partial charge in [0.25, 0.3) is 0 Å². The standard InChI is InChI=1S/C23H28N4O4/c28-20-6-4-18(5-7-20)24-23(31)17-8-9-25(15-17)16-22(30)27-12-10-26(11-13-27)19-2-1-3-21(29)14-19/h1-7,14,17,28-29H,8-13,15-16H2,(H,24,31). The van der Waals surface area contributed by atoms with Crippen LogP contribution in [0.1, 0.15) is 6.42 Å². The summed E-state index contributed by atoms with van der Waals surface area (Å²) >= 11 is 0. The number of anilines is 2. The third-order valence-electron chi connectivity index (χ3n) is 5.96. The van der Waals surface area contributed by atoms with Crippen LogP contribution in [0.15, 0.2) is 48.5 Å². The van der Waals surface area contributed by atoms with E-state index in [1.807, 2.05) is 21.9 Å². The minimum atomic E-state index is -0.149. The maximum Gasteiger partial charge on any atom is 0.236 e. The van der Waals surface area contributed by atoms with E-state index in [1.165, 1.54) is 12.1 Å². The van der Waals surface area contributed by atoms with Gasteiger partial charge >= 0.3 is 0 Å². The van der Waals surface area contributed by atoms with Crippen molar-refractivity contribution in [1.82, 2.24) is 9.80 Å². The lowest BCUT2D eigenvalue weighted by Gasteiger charge is -2.36. The molecule has 3 N–H and O–H groups in total. The van der Waals surface area contributed by atoms with Crippen molar-refractivity contribution >= 4 is 23.2 Å². The summed E-state index contributed by atoms with van der Waals surface area (Å²) in [4.78, 5) is 31.4. The Morgan fingerprint density at radius 1 is 0.935 bits per heavy atom. The smallest absolute Gasteiger partial charge is 0.236 e. The van der Waals surface area contributed by atoms with Gasteiger partial charge in [-0.15, -0.1) is 0 Å². The molecule has 2 saturated heterocycles. The molecule has 0 aliphatic carbocycles. The maximum absolute atomic E-state index is 12.8. The number of nitrogens with zero attached hydrogens (tertiary/aromatic N) is 3. The Kier molecular flexibility index (Phi) is 6.27. The average Bonchev–Trinajstić information content (AvgIpc) is 3.24. The Bertz CT molecular complexity index is 925. The van der Waals surface area contributed by atoms with Crippen molar-refractivity contribution in [2.75, 3.05) is 56.0 Å². The van der Waals surface area contributed by atoms with E-state index in [9.17, 15) is 19.8 Å². The highest BCUT2D eigenvalue weighted by molar-refractivity contribution is 5.93. The third-order valence-corrected chi connectivity index (χ3v) is 5.96.